The normalized spacial score (nSPS) is 15.8. The van der Waals surface area contributed by atoms with Crippen molar-refractivity contribution in [3.05, 3.63) is 29.6 Å². The van der Waals surface area contributed by atoms with Gasteiger partial charge in [0, 0.05) is 18.1 Å². The third-order valence-corrected chi connectivity index (χ3v) is 4.30. The van der Waals surface area contributed by atoms with Crippen molar-refractivity contribution in [1.29, 1.82) is 5.26 Å². The Morgan fingerprint density at radius 1 is 1.38 bits per heavy atom. The zero-order valence-electron chi connectivity index (χ0n) is 11.1. The average Bonchev–Trinajstić information content (AvgIpc) is 2.97. The number of hydrogen-bond acceptors (Lipinski definition) is 6. The van der Waals surface area contributed by atoms with E-state index in [1.807, 2.05) is 6.07 Å². The topological polar surface area (TPSA) is 76.6 Å². The first-order valence-corrected chi connectivity index (χ1v) is 7.33. The number of hydrogen-bond donors (Lipinski definition) is 0. The summed E-state index contributed by atoms with van der Waals surface area (Å²) in [6.45, 7) is 1.36. The molecule has 0 amide bonds. The van der Waals surface area contributed by atoms with Crippen molar-refractivity contribution in [3.63, 3.8) is 0 Å². The molecule has 0 unspecified atom stereocenters. The quantitative estimate of drug-likeness (QED) is 0.865. The van der Waals surface area contributed by atoms with Crippen molar-refractivity contribution in [2.45, 2.75) is 28.9 Å². The number of aromatic nitrogens is 4. The molecule has 1 aromatic heterocycles. The Morgan fingerprint density at radius 3 is 2.95 bits per heavy atom. The summed E-state index contributed by atoms with van der Waals surface area (Å²) in [6.07, 6.45) is 1.68. The number of tetrazole rings is 1. The van der Waals surface area contributed by atoms with Gasteiger partial charge in [-0.25, -0.2) is 9.07 Å². The van der Waals surface area contributed by atoms with E-state index in [2.05, 4.69) is 15.5 Å². The standard InChI is InChI=1S/C13H12FN5OS/c14-11-2-1-3-12(10(11)8-15)21-13-16-17-18-19(13)9-4-6-20-7-5-9/h1-3,9H,4-7H2. The zero-order valence-corrected chi connectivity index (χ0v) is 11.9. The van der Waals surface area contributed by atoms with Gasteiger partial charge >= 0.3 is 0 Å². The molecule has 108 valence electrons. The molecule has 6 nitrogen and oxygen atoms in total. The van der Waals surface area contributed by atoms with Crippen LogP contribution >= 0.6 is 11.8 Å². The van der Waals surface area contributed by atoms with E-state index in [1.54, 1.807) is 16.8 Å². The fourth-order valence-corrected chi connectivity index (χ4v) is 3.15. The second-order valence-electron chi connectivity index (χ2n) is 4.58. The molecule has 0 radical (unpaired) electrons. The highest BCUT2D eigenvalue weighted by molar-refractivity contribution is 7.99. The van der Waals surface area contributed by atoms with Crippen molar-refractivity contribution in [3.8, 4) is 6.07 Å². The number of benzene rings is 1. The Labute approximate surface area is 124 Å². The molecule has 0 bridgehead atoms. The molecule has 3 rings (SSSR count). The summed E-state index contributed by atoms with van der Waals surface area (Å²) in [6, 6.07) is 6.59. The number of ether oxygens (including phenoxy) is 1. The van der Waals surface area contributed by atoms with Gasteiger partial charge in [-0.05, 0) is 47.2 Å². The maximum absolute atomic E-state index is 13.6. The van der Waals surface area contributed by atoms with Crippen LogP contribution in [-0.2, 0) is 4.74 Å². The SMILES string of the molecule is N#Cc1c(F)cccc1Sc1nnnn1C1CCOCC1. The Morgan fingerprint density at radius 2 is 2.19 bits per heavy atom. The maximum Gasteiger partial charge on any atom is 0.214 e. The summed E-state index contributed by atoms with van der Waals surface area (Å²) in [4.78, 5) is 0.514. The third-order valence-electron chi connectivity index (χ3n) is 3.29. The summed E-state index contributed by atoms with van der Waals surface area (Å²) in [5.74, 6) is -0.535. The van der Waals surface area contributed by atoms with Crippen molar-refractivity contribution < 1.29 is 9.13 Å². The lowest BCUT2D eigenvalue weighted by Gasteiger charge is -2.22. The predicted molar refractivity (Wildman–Crippen MR) is 72.1 cm³/mol. The van der Waals surface area contributed by atoms with Gasteiger partial charge in [0.25, 0.3) is 0 Å². The highest BCUT2D eigenvalue weighted by Crippen LogP contribution is 2.32. The van der Waals surface area contributed by atoms with Gasteiger partial charge in [0.1, 0.15) is 17.4 Å². The Bertz CT molecular complexity index is 677. The lowest BCUT2D eigenvalue weighted by atomic mass is 10.1. The zero-order chi connectivity index (χ0) is 14.7. The summed E-state index contributed by atoms with van der Waals surface area (Å²) >= 11 is 1.20. The number of rotatable bonds is 3. The van der Waals surface area contributed by atoms with Gasteiger partial charge in [-0.2, -0.15) is 5.26 Å². The van der Waals surface area contributed by atoms with Crippen LogP contribution in [0.5, 0.6) is 0 Å². The number of halogens is 1. The maximum atomic E-state index is 13.6. The largest absolute Gasteiger partial charge is 0.381 e. The van der Waals surface area contributed by atoms with E-state index in [0.29, 0.717) is 23.3 Å². The molecule has 2 heterocycles. The van der Waals surface area contributed by atoms with E-state index < -0.39 is 5.82 Å². The van der Waals surface area contributed by atoms with Crippen LogP contribution in [0.2, 0.25) is 0 Å². The third kappa shape index (κ3) is 2.89. The van der Waals surface area contributed by atoms with Gasteiger partial charge in [-0.1, -0.05) is 6.07 Å². The van der Waals surface area contributed by atoms with Crippen LogP contribution in [0, 0.1) is 17.1 Å². The van der Waals surface area contributed by atoms with E-state index in [9.17, 15) is 4.39 Å². The summed E-state index contributed by atoms with van der Waals surface area (Å²) < 4.78 is 20.7. The fourth-order valence-electron chi connectivity index (χ4n) is 2.21. The van der Waals surface area contributed by atoms with Crippen LogP contribution in [0.4, 0.5) is 4.39 Å². The molecular formula is C13H12FN5OS. The molecule has 1 fully saturated rings. The molecule has 2 aromatic rings. The Balaban J connectivity index is 1.88. The average molecular weight is 305 g/mol. The molecule has 0 N–H and O–H groups in total. The van der Waals surface area contributed by atoms with Crippen LogP contribution in [0.3, 0.4) is 0 Å². The van der Waals surface area contributed by atoms with Gasteiger partial charge in [0.2, 0.25) is 5.16 Å². The van der Waals surface area contributed by atoms with E-state index in [-0.39, 0.29) is 11.6 Å². The first-order valence-electron chi connectivity index (χ1n) is 6.51. The smallest absolute Gasteiger partial charge is 0.214 e. The second kappa shape index (κ2) is 6.20. The number of nitrogens with zero attached hydrogens (tertiary/aromatic N) is 5. The molecule has 8 heteroatoms. The van der Waals surface area contributed by atoms with Gasteiger partial charge in [-0.15, -0.1) is 5.10 Å². The van der Waals surface area contributed by atoms with Crippen LogP contribution < -0.4 is 0 Å². The van der Waals surface area contributed by atoms with Crippen molar-refractivity contribution >= 4 is 11.8 Å². The Hall–Kier alpha value is -1.98. The lowest BCUT2D eigenvalue weighted by molar-refractivity contribution is 0.0631. The molecule has 1 aliphatic rings. The molecule has 0 saturated carbocycles. The molecule has 1 aliphatic heterocycles. The minimum Gasteiger partial charge on any atom is -0.381 e. The lowest BCUT2D eigenvalue weighted by Crippen LogP contribution is -2.21. The first-order chi connectivity index (χ1) is 10.3. The van der Waals surface area contributed by atoms with Gasteiger partial charge < -0.3 is 4.74 Å². The van der Waals surface area contributed by atoms with Crippen molar-refractivity contribution in [1.82, 2.24) is 20.2 Å². The van der Waals surface area contributed by atoms with Gasteiger partial charge in [0.05, 0.1) is 6.04 Å². The van der Waals surface area contributed by atoms with Crippen molar-refractivity contribution in [2.24, 2.45) is 0 Å². The molecule has 1 aromatic carbocycles. The van der Waals surface area contributed by atoms with Crippen LogP contribution in [0.15, 0.2) is 28.3 Å². The second-order valence-corrected chi connectivity index (χ2v) is 5.59. The molecule has 1 saturated heterocycles. The molecule has 0 atom stereocenters. The van der Waals surface area contributed by atoms with Gasteiger partial charge in [-0.3, -0.25) is 0 Å². The molecule has 21 heavy (non-hydrogen) atoms. The molecule has 0 aliphatic carbocycles. The Kier molecular flexibility index (Phi) is 4.13. The van der Waals surface area contributed by atoms with E-state index in [1.165, 1.54) is 17.8 Å². The van der Waals surface area contributed by atoms with E-state index >= 15 is 0 Å². The van der Waals surface area contributed by atoms with E-state index in [4.69, 9.17) is 10.00 Å². The molecule has 0 spiro atoms. The van der Waals surface area contributed by atoms with Crippen molar-refractivity contribution in [2.75, 3.05) is 13.2 Å². The molecular weight excluding hydrogens is 293 g/mol. The first kappa shape index (κ1) is 14.0. The predicted octanol–water partition coefficient (Wildman–Crippen LogP) is 2.19. The van der Waals surface area contributed by atoms with Crippen LogP contribution in [0.25, 0.3) is 0 Å². The summed E-state index contributed by atoms with van der Waals surface area (Å²) in [7, 11) is 0. The van der Waals surface area contributed by atoms with Crippen LogP contribution in [-0.4, -0.2) is 33.4 Å². The monoisotopic (exact) mass is 305 g/mol. The highest BCUT2D eigenvalue weighted by atomic mass is 32.2. The van der Waals surface area contributed by atoms with Crippen LogP contribution in [0.1, 0.15) is 24.4 Å². The minimum atomic E-state index is -0.535. The summed E-state index contributed by atoms with van der Waals surface area (Å²) in [5, 5.41) is 21.3. The summed E-state index contributed by atoms with van der Waals surface area (Å²) in [5.41, 5.74) is 0.0176. The van der Waals surface area contributed by atoms with E-state index in [0.717, 1.165) is 12.8 Å². The highest BCUT2D eigenvalue weighted by Gasteiger charge is 2.22. The number of nitriles is 1. The van der Waals surface area contributed by atoms with Gasteiger partial charge in [0.15, 0.2) is 0 Å². The minimum absolute atomic E-state index is 0.0176. The fraction of sp³-hybridized carbons (Fsp3) is 0.385.